The second kappa shape index (κ2) is 5.71. The molecule has 1 heterocycles. The van der Waals surface area contributed by atoms with Gasteiger partial charge in [0.2, 0.25) is 10.0 Å². The molecule has 0 radical (unpaired) electrons. The van der Waals surface area contributed by atoms with Crippen molar-refractivity contribution in [2.75, 3.05) is 13.1 Å². The van der Waals surface area contributed by atoms with E-state index in [-0.39, 0.29) is 6.04 Å². The number of aryl methyl sites for hydroxylation is 2. The summed E-state index contributed by atoms with van der Waals surface area (Å²) in [5, 5.41) is 0. The van der Waals surface area contributed by atoms with Gasteiger partial charge in [-0.3, -0.25) is 4.90 Å². The topological polar surface area (TPSA) is 49.4 Å². The molecule has 1 aliphatic heterocycles. The first-order valence-electron chi connectivity index (χ1n) is 7.84. The highest BCUT2D eigenvalue weighted by atomic mass is 32.2. The highest BCUT2D eigenvalue weighted by molar-refractivity contribution is 7.89. The molecule has 1 saturated heterocycles. The zero-order valence-electron chi connectivity index (χ0n) is 12.8. The molecule has 0 unspecified atom stereocenters. The number of benzene rings is 1. The summed E-state index contributed by atoms with van der Waals surface area (Å²) < 4.78 is 27.9. The lowest BCUT2D eigenvalue weighted by Crippen LogP contribution is -2.38. The Labute approximate surface area is 127 Å². The van der Waals surface area contributed by atoms with E-state index in [0.29, 0.717) is 10.9 Å². The molecule has 2 aliphatic rings. The van der Waals surface area contributed by atoms with E-state index in [2.05, 4.69) is 23.5 Å². The minimum atomic E-state index is -3.39. The average Bonchev–Trinajstić information content (AvgIpc) is 3.05. The highest BCUT2D eigenvalue weighted by Crippen LogP contribution is 2.25. The van der Waals surface area contributed by atoms with E-state index in [9.17, 15) is 8.42 Å². The van der Waals surface area contributed by atoms with Crippen LogP contribution in [0.1, 0.15) is 37.8 Å². The summed E-state index contributed by atoms with van der Waals surface area (Å²) in [4.78, 5) is 2.74. The van der Waals surface area contributed by atoms with Gasteiger partial charge in [0.05, 0.1) is 4.90 Å². The fourth-order valence-corrected chi connectivity index (χ4v) is 4.67. The van der Waals surface area contributed by atoms with Gasteiger partial charge in [-0.2, -0.15) is 0 Å². The molecule has 0 saturated carbocycles. The van der Waals surface area contributed by atoms with Crippen molar-refractivity contribution in [1.82, 2.24) is 9.62 Å². The summed E-state index contributed by atoms with van der Waals surface area (Å²) in [5.41, 5.74) is 2.51. The van der Waals surface area contributed by atoms with Gasteiger partial charge in [-0.1, -0.05) is 6.07 Å². The van der Waals surface area contributed by atoms with E-state index < -0.39 is 10.0 Å². The molecule has 0 bridgehead atoms. The number of rotatable bonds is 4. The van der Waals surface area contributed by atoms with Crippen LogP contribution in [-0.4, -0.2) is 38.5 Å². The van der Waals surface area contributed by atoms with Crippen LogP contribution >= 0.6 is 0 Å². The van der Waals surface area contributed by atoms with Crippen LogP contribution < -0.4 is 4.72 Å². The molecule has 0 spiro atoms. The maximum atomic E-state index is 12.5. The van der Waals surface area contributed by atoms with Gasteiger partial charge in [0.1, 0.15) is 0 Å². The van der Waals surface area contributed by atoms with Crippen LogP contribution in [0.4, 0.5) is 0 Å². The van der Waals surface area contributed by atoms with Crippen molar-refractivity contribution >= 4 is 10.0 Å². The molecule has 3 rings (SSSR count). The van der Waals surface area contributed by atoms with Gasteiger partial charge in [-0.25, -0.2) is 13.1 Å². The van der Waals surface area contributed by atoms with Gasteiger partial charge in [0.15, 0.2) is 0 Å². The lowest BCUT2D eigenvalue weighted by atomic mass is 10.1. The van der Waals surface area contributed by atoms with E-state index in [1.807, 2.05) is 12.1 Å². The first kappa shape index (κ1) is 15.0. The zero-order valence-corrected chi connectivity index (χ0v) is 13.6. The Morgan fingerprint density at radius 1 is 1.24 bits per heavy atom. The summed E-state index contributed by atoms with van der Waals surface area (Å²) >= 11 is 0. The molecule has 116 valence electrons. The third-order valence-corrected chi connectivity index (χ3v) is 6.17. The second-order valence-electron chi connectivity index (χ2n) is 6.48. The van der Waals surface area contributed by atoms with Crippen molar-refractivity contribution in [2.45, 2.75) is 56.5 Å². The number of likely N-dealkylation sites (tertiary alicyclic amines) is 1. The summed E-state index contributed by atoms with van der Waals surface area (Å²) in [5.74, 6) is 0. The predicted molar refractivity (Wildman–Crippen MR) is 83.9 cm³/mol. The molecule has 1 aromatic rings. The van der Waals surface area contributed by atoms with Crippen LogP contribution in [0.2, 0.25) is 0 Å². The monoisotopic (exact) mass is 308 g/mol. The van der Waals surface area contributed by atoms with Crippen molar-refractivity contribution in [1.29, 1.82) is 0 Å². The maximum absolute atomic E-state index is 12.5. The van der Waals surface area contributed by atoms with E-state index >= 15 is 0 Å². The summed E-state index contributed by atoms with van der Waals surface area (Å²) in [6, 6.07) is 6.10. The van der Waals surface area contributed by atoms with E-state index in [1.165, 1.54) is 11.1 Å². The van der Waals surface area contributed by atoms with Crippen molar-refractivity contribution in [3.8, 4) is 0 Å². The molecule has 1 aliphatic carbocycles. The normalized spacial score (nSPS) is 22.9. The van der Waals surface area contributed by atoms with Crippen LogP contribution in [0.3, 0.4) is 0 Å². The largest absolute Gasteiger partial charge is 0.299 e. The zero-order chi connectivity index (χ0) is 15.0. The smallest absolute Gasteiger partial charge is 0.240 e. The van der Waals surface area contributed by atoms with Crippen LogP contribution in [0, 0.1) is 0 Å². The predicted octanol–water partition coefficient (Wildman–Crippen LogP) is 1.94. The summed E-state index contributed by atoms with van der Waals surface area (Å²) in [6.07, 6.45) is 4.11. The SMILES string of the molecule is CC(C)N1CC[C@H](NS(=O)(=O)c2ccc3c(c2)CCC3)C1. The van der Waals surface area contributed by atoms with Crippen LogP contribution in [0.5, 0.6) is 0 Å². The standard InChI is InChI=1S/C16H24N2O2S/c1-12(2)18-9-8-15(11-18)17-21(19,20)16-7-6-13-4-3-5-14(13)10-16/h6-7,10,12,15,17H,3-5,8-9,11H2,1-2H3/t15-/m0/s1. The van der Waals surface area contributed by atoms with E-state index in [0.717, 1.165) is 38.8 Å². The van der Waals surface area contributed by atoms with Gasteiger partial charge in [-0.15, -0.1) is 0 Å². The Morgan fingerprint density at radius 2 is 2.00 bits per heavy atom. The minimum Gasteiger partial charge on any atom is -0.299 e. The molecule has 1 atom stereocenters. The number of nitrogens with zero attached hydrogens (tertiary/aromatic N) is 1. The van der Waals surface area contributed by atoms with Crippen molar-refractivity contribution < 1.29 is 8.42 Å². The van der Waals surface area contributed by atoms with E-state index in [1.54, 1.807) is 6.07 Å². The molecule has 1 aromatic carbocycles. The molecule has 0 amide bonds. The quantitative estimate of drug-likeness (QED) is 0.925. The molecule has 1 N–H and O–H groups in total. The lowest BCUT2D eigenvalue weighted by molar-refractivity contribution is 0.271. The Morgan fingerprint density at radius 3 is 2.71 bits per heavy atom. The fourth-order valence-electron chi connectivity index (χ4n) is 3.36. The summed E-state index contributed by atoms with van der Waals surface area (Å²) in [6.45, 7) is 6.08. The summed E-state index contributed by atoms with van der Waals surface area (Å²) in [7, 11) is -3.39. The lowest BCUT2D eigenvalue weighted by Gasteiger charge is -2.20. The Balaban J connectivity index is 1.73. The Kier molecular flexibility index (Phi) is 4.08. The van der Waals surface area contributed by atoms with Crippen molar-refractivity contribution in [3.05, 3.63) is 29.3 Å². The number of nitrogens with one attached hydrogen (secondary N) is 1. The van der Waals surface area contributed by atoms with Gasteiger partial charge < -0.3 is 0 Å². The molecule has 5 heteroatoms. The minimum absolute atomic E-state index is 0.0330. The third-order valence-electron chi connectivity index (χ3n) is 4.65. The second-order valence-corrected chi connectivity index (χ2v) is 8.19. The van der Waals surface area contributed by atoms with Gasteiger partial charge in [0.25, 0.3) is 0 Å². The first-order valence-corrected chi connectivity index (χ1v) is 9.32. The molecular formula is C16H24N2O2S. The van der Waals surface area contributed by atoms with Crippen molar-refractivity contribution in [3.63, 3.8) is 0 Å². The fraction of sp³-hybridized carbons (Fsp3) is 0.625. The molecule has 21 heavy (non-hydrogen) atoms. The van der Waals surface area contributed by atoms with Crippen LogP contribution in [0.15, 0.2) is 23.1 Å². The Bertz CT molecular complexity index is 625. The third kappa shape index (κ3) is 3.15. The number of sulfonamides is 1. The highest BCUT2D eigenvalue weighted by Gasteiger charge is 2.28. The average molecular weight is 308 g/mol. The van der Waals surface area contributed by atoms with E-state index in [4.69, 9.17) is 0 Å². The van der Waals surface area contributed by atoms with Gasteiger partial charge >= 0.3 is 0 Å². The molecular weight excluding hydrogens is 284 g/mol. The molecule has 0 aromatic heterocycles. The number of hydrogen-bond acceptors (Lipinski definition) is 3. The number of hydrogen-bond donors (Lipinski definition) is 1. The van der Waals surface area contributed by atoms with Gasteiger partial charge in [0, 0.05) is 25.2 Å². The van der Waals surface area contributed by atoms with Crippen molar-refractivity contribution in [2.24, 2.45) is 0 Å². The molecule has 4 nitrogen and oxygen atoms in total. The number of fused-ring (bicyclic) bond motifs is 1. The van der Waals surface area contributed by atoms with Crippen LogP contribution in [0.25, 0.3) is 0 Å². The first-order chi connectivity index (χ1) is 9.95. The molecule has 1 fully saturated rings. The Hall–Kier alpha value is -0.910. The van der Waals surface area contributed by atoms with Gasteiger partial charge in [-0.05, 0) is 62.8 Å². The maximum Gasteiger partial charge on any atom is 0.240 e. The van der Waals surface area contributed by atoms with Crippen LogP contribution in [-0.2, 0) is 22.9 Å².